The second-order valence-corrected chi connectivity index (χ2v) is 7.39. The molecular weight excluding hydrogens is 397 g/mol. The number of halogens is 3. The van der Waals surface area contributed by atoms with E-state index >= 15 is 0 Å². The molecule has 0 spiro atoms. The van der Waals surface area contributed by atoms with Gasteiger partial charge in [-0.05, 0) is 44.2 Å². The standard InChI is InChI=1S/C20H21F3N6O/c1-29-9-8-13(10-16(29)18-26-14-4-2-3-5-15(14)27-18)25-19(30)28-17-7-6-12(11-24-17)20(21,22)23/h2-7,11,13,16H,8-10H2,1H3,(H,26,27)(H2,24,25,28,30). The number of likely N-dealkylation sites (tertiary alicyclic amines) is 1. The quantitative estimate of drug-likeness (QED) is 0.602. The van der Waals surface area contributed by atoms with Crippen molar-refractivity contribution in [3.63, 3.8) is 0 Å². The molecule has 1 aliphatic heterocycles. The van der Waals surface area contributed by atoms with Gasteiger partial charge in [0.15, 0.2) is 0 Å². The predicted molar refractivity (Wildman–Crippen MR) is 106 cm³/mol. The molecule has 2 unspecified atom stereocenters. The van der Waals surface area contributed by atoms with Crippen molar-refractivity contribution in [1.29, 1.82) is 0 Å². The Kier molecular flexibility index (Phi) is 5.33. The number of alkyl halides is 3. The highest BCUT2D eigenvalue weighted by molar-refractivity contribution is 5.88. The number of carbonyl (C=O) groups excluding carboxylic acids is 1. The van der Waals surface area contributed by atoms with Crippen LogP contribution in [0, 0.1) is 0 Å². The highest BCUT2D eigenvalue weighted by atomic mass is 19.4. The van der Waals surface area contributed by atoms with Crippen LogP contribution >= 0.6 is 0 Å². The van der Waals surface area contributed by atoms with Crippen LogP contribution < -0.4 is 10.6 Å². The Morgan fingerprint density at radius 2 is 2.03 bits per heavy atom. The van der Waals surface area contributed by atoms with E-state index in [0.717, 1.165) is 42.0 Å². The molecule has 3 heterocycles. The lowest BCUT2D eigenvalue weighted by molar-refractivity contribution is -0.137. The summed E-state index contributed by atoms with van der Waals surface area (Å²) in [5.41, 5.74) is 0.988. The number of imidazole rings is 1. The molecule has 3 N–H and O–H groups in total. The van der Waals surface area contributed by atoms with Crippen LogP contribution in [-0.4, -0.2) is 45.5 Å². The van der Waals surface area contributed by atoms with Crippen molar-refractivity contribution in [1.82, 2.24) is 25.2 Å². The first kappa shape index (κ1) is 20.1. The number of piperidine rings is 1. The summed E-state index contributed by atoms with van der Waals surface area (Å²) in [4.78, 5) is 26.2. The minimum Gasteiger partial charge on any atom is -0.341 e. The maximum atomic E-state index is 12.6. The SMILES string of the molecule is CN1CCC(NC(=O)Nc2ccc(C(F)(F)F)cn2)CC1c1nc2ccccc2[nH]1. The van der Waals surface area contributed by atoms with E-state index in [1.807, 2.05) is 31.3 Å². The van der Waals surface area contributed by atoms with E-state index in [-0.39, 0.29) is 17.9 Å². The van der Waals surface area contributed by atoms with Crippen LogP contribution in [-0.2, 0) is 6.18 Å². The molecule has 4 rings (SSSR count). The zero-order valence-corrected chi connectivity index (χ0v) is 16.2. The molecule has 3 aromatic rings. The van der Waals surface area contributed by atoms with Crippen molar-refractivity contribution >= 4 is 22.9 Å². The molecule has 1 aliphatic rings. The number of aromatic nitrogens is 3. The third-order valence-corrected chi connectivity index (χ3v) is 5.26. The van der Waals surface area contributed by atoms with Crippen LogP contribution in [0.25, 0.3) is 11.0 Å². The largest absolute Gasteiger partial charge is 0.417 e. The van der Waals surface area contributed by atoms with Gasteiger partial charge in [0.1, 0.15) is 11.6 Å². The molecule has 10 heteroatoms. The summed E-state index contributed by atoms with van der Waals surface area (Å²) in [6, 6.07) is 9.22. The van der Waals surface area contributed by atoms with Crippen molar-refractivity contribution in [3.05, 3.63) is 54.0 Å². The molecule has 0 aliphatic carbocycles. The number of H-pyrrole nitrogens is 1. The van der Waals surface area contributed by atoms with Gasteiger partial charge < -0.3 is 10.3 Å². The Labute approximate surface area is 170 Å². The molecule has 158 valence electrons. The molecule has 1 saturated heterocycles. The van der Waals surface area contributed by atoms with Crippen LogP contribution in [0.4, 0.5) is 23.8 Å². The number of nitrogens with one attached hydrogen (secondary N) is 3. The lowest BCUT2D eigenvalue weighted by Gasteiger charge is -2.36. The third-order valence-electron chi connectivity index (χ3n) is 5.26. The van der Waals surface area contributed by atoms with Gasteiger partial charge in [-0.15, -0.1) is 0 Å². The zero-order chi connectivity index (χ0) is 21.3. The highest BCUT2D eigenvalue weighted by Gasteiger charge is 2.31. The van der Waals surface area contributed by atoms with Gasteiger partial charge in [0, 0.05) is 18.8 Å². The number of nitrogens with zero attached hydrogens (tertiary/aromatic N) is 3. The summed E-state index contributed by atoms with van der Waals surface area (Å²) in [6.07, 6.45) is -2.36. The summed E-state index contributed by atoms with van der Waals surface area (Å²) in [7, 11) is 2.01. The van der Waals surface area contributed by atoms with E-state index in [1.165, 1.54) is 0 Å². The Morgan fingerprint density at radius 3 is 2.73 bits per heavy atom. The van der Waals surface area contributed by atoms with Gasteiger partial charge in [-0.25, -0.2) is 14.8 Å². The van der Waals surface area contributed by atoms with Gasteiger partial charge in [0.05, 0.1) is 22.6 Å². The van der Waals surface area contributed by atoms with Gasteiger partial charge in [-0.3, -0.25) is 10.2 Å². The Bertz CT molecular complexity index is 1000. The molecule has 0 saturated carbocycles. The van der Waals surface area contributed by atoms with Gasteiger partial charge in [-0.1, -0.05) is 12.1 Å². The van der Waals surface area contributed by atoms with Gasteiger partial charge in [0.25, 0.3) is 0 Å². The highest BCUT2D eigenvalue weighted by Crippen LogP contribution is 2.30. The monoisotopic (exact) mass is 418 g/mol. The van der Waals surface area contributed by atoms with Crippen LogP contribution in [0.2, 0.25) is 0 Å². The number of rotatable bonds is 3. The molecule has 1 aromatic carbocycles. The fraction of sp³-hybridized carbons (Fsp3) is 0.350. The number of carbonyl (C=O) groups is 1. The second-order valence-electron chi connectivity index (χ2n) is 7.39. The second kappa shape index (κ2) is 7.94. The van der Waals surface area contributed by atoms with E-state index in [2.05, 4.69) is 30.5 Å². The average molecular weight is 418 g/mol. The van der Waals surface area contributed by atoms with Crippen molar-refractivity contribution in [2.45, 2.75) is 31.1 Å². The van der Waals surface area contributed by atoms with E-state index in [4.69, 9.17) is 0 Å². The number of hydrogen-bond donors (Lipinski definition) is 3. The number of pyridine rings is 1. The molecule has 2 atom stereocenters. The smallest absolute Gasteiger partial charge is 0.341 e. The number of benzene rings is 1. The number of anilines is 1. The average Bonchev–Trinajstić information content (AvgIpc) is 3.13. The number of aromatic amines is 1. The summed E-state index contributed by atoms with van der Waals surface area (Å²) in [5, 5.41) is 5.38. The predicted octanol–water partition coefficient (Wildman–Crippen LogP) is 3.93. The lowest BCUT2D eigenvalue weighted by atomic mass is 9.97. The summed E-state index contributed by atoms with van der Waals surface area (Å²) < 4.78 is 37.8. The third kappa shape index (κ3) is 4.38. The van der Waals surface area contributed by atoms with Gasteiger partial charge in [-0.2, -0.15) is 13.2 Å². The Balaban J connectivity index is 1.39. The maximum absolute atomic E-state index is 12.6. The molecule has 1 fully saturated rings. The minimum atomic E-state index is -4.46. The van der Waals surface area contributed by atoms with E-state index < -0.39 is 17.8 Å². The Morgan fingerprint density at radius 1 is 1.23 bits per heavy atom. The maximum Gasteiger partial charge on any atom is 0.417 e. The van der Waals surface area contributed by atoms with Crippen molar-refractivity contribution in [3.8, 4) is 0 Å². The van der Waals surface area contributed by atoms with Gasteiger partial charge in [0.2, 0.25) is 0 Å². The molecule has 7 nitrogen and oxygen atoms in total. The van der Waals surface area contributed by atoms with Crippen LogP contribution in [0.5, 0.6) is 0 Å². The van der Waals surface area contributed by atoms with Crippen LogP contribution in [0.15, 0.2) is 42.6 Å². The number of fused-ring (bicyclic) bond motifs is 1. The number of amides is 2. The fourth-order valence-electron chi connectivity index (χ4n) is 3.64. The minimum absolute atomic E-state index is 0.0145. The number of urea groups is 1. The van der Waals surface area contributed by atoms with Crippen LogP contribution in [0.1, 0.15) is 30.3 Å². The number of hydrogen-bond acceptors (Lipinski definition) is 4. The Hall–Kier alpha value is -3.14. The van der Waals surface area contributed by atoms with Gasteiger partial charge >= 0.3 is 12.2 Å². The topological polar surface area (TPSA) is 85.9 Å². The fourth-order valence-corrected chi connectivity index (χ4v) is 3.64. The zero-order valence-electron chi connectivity index (χ0n) is 16.2. The van der Waals surface area contributed by atoms with E-state index in [1.54, 1.807) is 0 Å². The molecule has 2 amide bonds. The molecular formula is C20H21F3N6O. The normalized spacial score (nSPS) is 20.3. The first-order chi connectivity index (χ1) is 14.3. The van der Waals surface area contributed by atoms with Crippen LogP contribution in [0.3, 0.4) is 0 Å². The summed E-state index contributed by atoms with van der Waals surface area (Å²) in [6.45, 7) is 0.769. The van der Waals surface area contributed by atoms with E-state index in [0.29, 0.717) is 12.6 Å². The summed E-state index contributed by atoms with van der Waals surface area (Å²) in [5.74, 6) is 0.900. The number of para-hydroxylation sites is 2. The van der Waals surface area contributed by atoms with E-state index in [9.17, 15) is 18.0 Å². The first-order valence-corrected chi connectivity index (χ1v) is 9.55. The van der Waals surface area contributed by atoms with Crippen molar-refractivity contribution in [2.75, 3.05) is 18.9 Å². The first-order valence-electron chi connectivity index (χ1n) is 9.55. The molecule has 0 bridgehead atoms. The lowest BCUT2D eigenvalue weighted by Crippen LogP contribution is -2.46. The molecule has 2 aromatic heterocycles. The summed E-state index contributed by atoms with van der Waals surface area (Å²) >= 11 is 0. The molecule has 30 heavy (non-hydrogen) atoms. The van der Waals surface area contributed by atoms with Crippen molar-refractivity contribution < 1.29 is 18.0 Å². The molecule has 0 radical (unpaired) electrons. The van der Waals surface area contributed by atoms with Crippen molar-refractivity contribution in [2.24, 2.45) is 0 Å².